The first kappa shape index (κ1) is 20.4. The summed E-state index contributed by atoms with van der Waals surface area (Å²) in [6.45, 7) is 1.58. The van der Waals surface area contributed by atoms with E-state index in [1.165, 1.54) is 12.1 Å². The number of rotatable bonds is 3. The van der Waals surface area contributed by atoms with Crippen LogP contribution in [0.15, 0.2) is 53.2 Å². The summed E-state index contributed by atoms with van der Waals surface area (Å²) in [5.74, 6) is 0. The summed E-state index contributed by atoms with van der Waals surface area (Å²) in [5, 5.41) is -4.05. The Labute approximate surface area is 177 Å². The molecule has 0 aliphatic heterocycles. The van der Waals surface area contributed by atoms with Gasteiger partial charge in [-0.3, -0.25) is 0 Å². The second kappa shape index (κ2) is 6.95. The van der Waals surface area contributed by atoms with Gasteiger partial charge in [-0.15, -0.1) is 0 Å². The molecule has 0 fully saturated rings. The monoisotopic (exact) mass is 625 g/mol. The first-order chi connectivity index (χ1) is 12.0. The normalized spacial score (nSPS) is 24.1. The van der Waals surface area contributed by atoms with E-state index in [0.717, 1.165) is 10.2 Å². The summed E-state index contributed by atoms with van der Waals surface area (Å²) in [5.41, 5.74) is 0.258. The second-order valence-electron chi connectivity index (χ2n) is 5.77. The molecular formula is C16H12BrF3INO2SSe. The molecule has 0 saturated heterocycles. The van der Waals surface area contributed by atoms with Crippen LogP contribution in [0.1, 0.15) is 6.92 Å². The van der Waals surface area contributed by atoms with Gasteiger partial charge in [-0.05, 0) is 0 Å². The number of alkyl halides is 4. The zero-order valence-corrected chi connectivity index (χ0v) is 19.4. The average Bonchev–Trinajstić information content (AvgIpc) is 2.90. The fraction of sp³-hybridized carbons (Fsp3) is 0.250. The number of aromatic nitrogens is 1. The van der Waals surface area contributed by atoms with Crippen LogP contribution in [0, 0.1) is 0 Å². The molecule has 1 aliphatic rings. The van der Waals surface area contributed by atoms with Crippen LogP contribution >= 0.6 is 38.5 Å². The van der Waals surface area contributed by atoms with Crippen LogP contribution in [0.3, 0.4) is 0 Å². The van der Waals surface area contributed by atoms with Crippen LogP contribution in [-0.2, 0) is 10.0 Å². The number of halogens is 5. The Balaban J connectivity index is 2.25. The van der Waals surface area contributed by atoms with E-state index in [9.17, 15) is 21.6 Å². The fourth-order valence-corrected chi connectivity index (χ4v) is 9.04. The number of nitrogens with zero attached hydrogens (tertiary/aromatic N) is 1. The molecule has 0 bridgehead atoms. The molecule has 0 spiro atoms. The second-order valence-corrected chi connectivity index (χ2v) is 12.5. The molecule has 2 aromatic rings. The molecule has 0 saturated carbocycles. The van der Waals surface area contributed by atoms with Gasteiger partial charge in [0.25, 0.3) is 0 Å². The Bertz CT molecular complexity index is 1030. The van der Waals surface area contributed by atoms with Crippen molar-refractivity contribution < 1.29 is 21.6 Å². The van der Waals surface area contributed by atoms with Crippen molar-refractivity contribution in [3.05, 3.63) is 53.2 Å². The molecule has 1 aromatic heterocycles. The molecule has 3 rings (SSSR count). The third-order valence-electron chi connectivity index (χ3n) is 4.19. The van der Waals surface area contributed by atoms with E-state index in [1.807, 2.05) is 22.6 Å². The van der Waals surface area contributed by atoms with Gasteiger partial charge in [0.05, 0.1) is 0 Å². The number of benzene rings is 1. The van der Waals surface area contributed by atoms with Gasteiger partial charge >= 0.3 is 178 Å². The van der Waals surface area contributed by atoms with E-state index in [0.29, 0.717) is 9.87 Å². The van der Waals surface area contributed by atoms with Crippen molar-refractivity contribution in [3.63, 3.8) is 0 Å². The Morgan fingerprint density at radius 3 is 2.58 bits per heavy atom. The molecule has 140 valence electrons. The molecule has 0 amide bonds. The Morgan fingerprint density at radius 2 is 1.96 bits per heavy atom. The van der Waals surface area contributed by atoms with E-state index in [1.54, 1.807) is 37.3 Å². The van der Waals surface area contributed by atoms with E-state index in [2.05, 4.69) is 15.9 Å². The molecule has 26 heavy (non-hydrogen) atoms. The standard InChI is InChI=1S/C16H12BrF3INO2SSe/c1-15(13(17)7-4-8-14(15)21)25(23,24)22-9-12(26-16(18,19)20)10-5-2-3-6-11(10)22/h2-9,14H,1H3. The summed E-state index contributed by atoms with van der Waals surface area (Å²) in [6.07, 6.45) is 6.29. The number of para-hydroxylation sites is 1. The van der Waals surface area contributed by atoms with Crippen LogP contribution < -0.4 is 4.46 Å². The molecule has 0 radical (unpaired) electrons. The quantitative estimate of drug-likeness (QED) is 0.293. The molecular weight excluding hydrogens is 613 g/mol. The summed E-state index contributed by atoms with van der Waals surface area (Å²) in [7, 11) is -4.04. The topological polar surface area (TPSA) is 39.1 Å². The SMILES string of the molecule is CC1(S(=O)(=O)n2cc([Se]C(F)(F)F)c3ccccc32)C(Br)=CC=CC1I. The fourth-order valence-electron chi connectivity index (χ4n) is 2.71. The van der Waals surface area contributed by atoms with Crippen LogP contribution in [-0.4, -0.2) is 41.1 Å². The van der Waals surface area contributed by atoms with Gasteiger partial charge in [0, 0.05) is 0 Å². The average molecular weight is 625 g/mol. The van der Waals surface area contributed by atoms with Gasteiger partial charge < -0.3 is 0 Å². The Kier molecular flexibility index (Phi) is 5.46. The minimum atomic E-state index is -4.37. The van der Waals surface area contributed by atoms with Gasteiger partial charge in [-0.25, -0.2) is 0 Å². The first-order valence-corrected chi connectivity index (χ1v) is 12.5. The van der Waals surface area contributed by atoms with Crippen molar-refractivity contribution in [1.29, 1.82) is 0 Å². The minimum absolute atomic E-state index is 0.00392. The molecule has 2 unspecified atom stereocenters. The third-order valence-corrected chi connectivity index (χ3v) is 11.6. The first-order valence-electron chi connectivity index (χ1n) is 7.28. The van der Waals surface area contributed by atoms with Gasteiger partial charge in [-0.2, -0.15) is 0 Å². The predicted molar refractivity (Wildman–Crippen MR) is 110 cm³/mol. The number of hydrogen-bond donors (Lipinski definition) is 0. The van der Waals surface area contributed by atoms with E-state index in [4.69, 9.17) is 0 Å². The van der Waals surface area contributed by atoms with E-state index >= 15 is 0 Å². The van der Waals surface area contributed by atoms with E-state index < -0.39 is 34.8 Å². The van der Waals surface area contributed by atoms with Gasteiger partial charge in [0.1, 0.15) is 0 Å². The maximum atomic E-state index is 13.5. The number of allylic oxidation sites excluding steroid dienone is 3. The van der Waals surface area contributed by atoms with E-state index in [-0.39, 0.29) is 13.9 Å². The van der Waals surface area contributed by atoms with Crippen LogP contribution in [0.5, 0.6) is 0 Å². The van der Waals surface area contributed by atoms with Crippen molar-refractivity contribution in [2.24, 2.45) is 0 Å². The molecule has 1 aliphatic carbocycles. The van der Waals surface area contributed by atoms with Gasteiger partial charge in [0.15, 0.2) is 0 Å². The molecule has 0 N–H and O–H groups in total. The zero-order chi connectivity index (χ0) is 19.3. The summed E-state index contributed by atoms with van der Waals surface area (Å²) in [6, 6.07) is 6.29. The van der Waals surface area contributed by atoms with Crippen LogP contribution in [0.2, 0.25) is 0 Å². The molecule has 2 atom stereocenters. The summed E-state index contributed by atoms with van der Waals surface area (Å²) < 4.78 is 65.7. The van der Waals surface area contributed by atoms with Crippen molar-refractivity contribution >= 4 is 78.9 Å². The van der Waals surface area contributed by atoms with Crippen molar-refractivity contribution in [3.8, 4) is 0 Å². The van der Waals surface area contributed by atoms with Gasteiger partial charge in [-0.1, -0.05) is 0 Å². The third kappa shape index (κ3) is 3.32. The van der Waals surface area contributed by atoms with Gasteiger partial charge in [0.2, 0.25) is 0 Å². The zero-order valence-electron chi connectivity index (χ0n) is 13.2. The number of fused-ring (bicyclic) bond motifs is 1. The van der Waals surface area contributed by atoms with Crippen molar-refractivity contribution in [2.75, 3.05) is 0 Å². The Hall–Kier alpha value is -0.291. The molecule has 1 heterocycles. The van der Waals surface area contributed by atoms with Crippen molar-refractivity contribution in [2.45, 2.75) is 20.7 Å². The molecule has 3 nitrogen and oxygen atoms in total. The Morgan fingerprint density at radius 1 is 1.31 bits per heavy atom. The molecule has 1 aromatic carbocycles. The van der Waals surface area contributed by atoms with Crippen LogP contribution in [0.4, 0.5) is 13.2 Å². The molecule has 10 heteroatoms. The van der Waals surface area contributed by atoms with Crippen molar-refractivity contribution in [1.82, 2.24) is 3.97 Å². The maximum absolute atomic E-state index is 13.5. The summed E-state index contributed by atoms with van der Waals surface area (Å²) in [4.78, 5) is 0. The number of hydrogen-bond acceptors (Lipinski definition) is 2. The summed E-state index contributed by atoms with van der Waals surface area (Å²) >= 11 is 3.53. The van der Waals surface area contributed by atoms with Crippen LogP contribution in [0.25, 0.3) is 10.9 Å². The predicted octanol–water partition coefficient (Wildman–Crippen LogP) is 4.08.